The van der Waals surface area contributed by atoms with Gasteiger partial charge in [0.05, 0.1) is 6.42 Å². The van der Waals surface area contributed by atoms with Crippen molar-refractivity contribution < 1.29 is 23.0 Å². The lowest BCUT2D eigenvalue weighted by molar-refractivity contribution is -0.221. The van der Waals surface area contributed by atoms with Gasteiger partial charge in [-0.05, 0) is 56.5 Å². The zero-order valence-electron chi connectivity index (χ0n) is 18.3. The summed E-state index contributed by atoms with van der Waals surface area (Å²) in [6, 6.07) is 3.81. The first-order valence-electron chi connectivity index (χ1n) is 10.9. The van der Waals surface area contributed by atoms with E-state index in [4.69, 9.17) is 9.47 Å². The van der Waals surface area contributed by atoms with Gasteiger partial charge in [-0.3, -0.25) is 9.69 Å². The van der Waals surface area contributed by atoms with Crippen LogP contribution in [0, 0.1) is 11.6 Å². The average Bonchev–Trinajstić information content (AvgIpc) is 2.96. The van der Waals surface area contributed by atoms with Crippen LogP contribution in [0.25, 0.3) is 0 Å². The Morgan fingerprint density at radius 1 is 1.13 bits per heavy atom. The molecule has 0 bridgehead atoms. The minimum Gasteiger partial charge on any atom is -0.353 e. The van der Waals surface area contributed by atoms with Gasteiger partial charge in [-0.1, -0.05) is 12.5 Å². The van der Waals surface area contributed by atoms with Crippen LogP contribution in [-0.4, -0.2) is 67.9 Å². The van der Waals surface area contributed by atoms with Crippen molar-refractivity contribution in [3.05, 3.63) is 35.4 Å². The van der Waals surface area contributed by atoms with Crippen LogP contribution in [0.3, 0.4) is 0 Å². The van der Waals surface area contributed by atoms with Crippen molar-refractivity contribution in [2.45, 2.75) is 69.2 Å². The summed E-state index contributed by atoms with van der Waals surface area (Å²) < 4.78 is 38.4. The zero-order chi connectivity index (χ0) is 21.7. The van der Waals surface area contributed by atoms with E-state index in [2.05, 4.69) is 4.90 Å². The quantitative estimate of drug-likeness (QED) is 0.515. The van der Waals surface area contributed by atoms with Gasteiger partial charge in [-0.25, -0.2) is 8.78 Å². The molecule has 5 nitrogen and oxygen atoms in total. The van der Waals surface area contributed by atoms with E-state index in [-0.39, 0.29) is 24.4 Å². The van der Waals surface area contributed by atoms with Gasteiger partial charge in [-0.15, -0.1) is 0 Å². The third-order valence-electron chi connectivity index (χ3n) is 6.86. The number of ether oxygens (including phenoxy) is 2. The van der Waals surface area contributed by atoms with Crippen LogP contribution in [0.1, 0.15) is 50.5 Å². The van der Waals surface area contributed by atoms with Crippen molar-refractivity contribution in [2.24, 2.45) is 0 Å². The maximum absolute atomic E-state index is 13.6. The van der Waals surface area contributed by atoms with Crippen LogP contribution in [0.2, 0.25) is 0 Å². The van der Waals surface area contributed by atoms with E-state index in [1.54, 1.807) is 14.2 Å². The molecule has 168 valence electrons. The van der Waals surface area contributed by atoms with E-state index >= 15 is 0 Å². The van der Waals surface area contributed by atoms with Crippen LogP contribution < -0.4 is 0 Å². The van der Waals surface area contributed by atoms with Gasteiger partial charge in [0, 0.05) is 46.2 Å². The lowest BCUT2D eigenvalue weighted by Gasteiger charge is -2.44. The van der Waals surface area contributed by atoms with Crippen LogP contribution in [0.5, 0.6) is 0 Å². The molecule has 1 aromatic rings. The molecule has 0 N–H and O–H groups in total. The van der Waals surface area contributed by atoms with E-state index in [0.717, 1.165) is 57.3 Å². The molecule has 1 amide bonds. The first-order valence-corrected chi connectivity index (χ1v) is 10.9. The number of piperidine rings is 1. The molecule has 7 heteroatoms. The molecule has 1 saturated heterocycles. The highest BCUT2D eigenvalue weighted by atomic mass is 19.2. The van der Waals surface area contributed by atoms with Gasteiger partial charge in [0.25, 0.3) is 0 Å². The number of carbonyl (C=O) groups excluding carboxylic acids is 1. The highest BCUT2D eigenvalue weighted by molar-refractivity contribution is 5.79. The minimum absolute atomic E-state index is 0.0214. The van der Waals surface area contributed by atoms with Crippen LogP contribution in [-0.2, 0) is 20.7 Å². The molecule has 1 aliphatic heterocycles. The number of hydrogen-bond donors (Lipinski definition) is 0. The van der Waals surface area contributed by atoms with Crippen molar-refractivity contribution in [3.63, 3.8) is 0 Å². The molecule has 0 aromatic heterocycles. The van der Waals surface area contributed by atoms with Gasteiger partial charge < -0.3 is 14.4 Å². The monoisotopic (exact) mass is 424 g/mol. The summed E-state index contributed by atoms with van der Waals surface area (Å²) in [4.78, 5) is 17.4. The number of likely N-dealkylation sites (N-methyl/N-ethyl adjacent to an activating group) is 1. The molecule has 2 aliphatic rings. The number of rotatable bonds is 6. The molecule has 1 heterocycles. The van der Waals surface area contributed by atoms with E-state index < -0.39 is 17.4 Å². The van der Waals surface area contributed by atoms with Crippen molar-refractivity contribution in [3.8, 4) is 0 Å². The summed E-state index contributed by atoms with van der Waals surface area (Å²) in [6.45, 7) is 2.02. The van der Waals surface area contributed by atoms with Gasteiger partial charge in [-0.2, -0.15) is 0 Å². The Hall–Kier alpha value is -1.57. The number of carbonyl (C=O) groups is 1. The standard InChI is InChI=1S/C23H34F2N2O3/c1-26(22(28)15-17-9-10-18(24)19(25)14-17)20-8-7-11-23(29-2,30-3)16-21(20)27-12-5-4-6-13-27/h9-10,14,20-21H,4-8,11-13,15-16H2,1-3H3. The van der Waals surface area contributed by atoms with Gasteiger partial charge in [0.15, 0.2) is 17.4 Å². The average molecular weight is 425 g/mol. The Balaban J connectivity index is 1.80. The number of halogens is 2. The Morgan fingerprint density at radius 2 is 1.83 bits per heavy atom. The van der Waals surface area contributed by atoms with E-state index in [9.17, 15) is 13.6 Å². The second-order valence-corrected chi connectivity index (χ2v) is 8.58. The maximum Gasteiger partial charge on any atom is 0.227 e. The molecule has 0 radical (unpaired) electrons. The molecule has 30 heavy (non-hydrogen) atoms. The molecule has 2 fully saturated rings. The Kier molecular flexibility index (Phi) is 7.82. The smallest absolute Gasteiger partial charge is 0.227 e. The molecular weight excluding hydrogens is 390 g/mol. The van der Waals surface area contributed by atoms with Crippen LogP contribution in [0.4, 0.5) is 8.78 Å². The fraction of sp³-hybridized carbons (Fsp3) is 0.696. The normalized spacial score (nSPS) is 25.0. The van der Waals surface area contributed by atoms with Gasteiger partial charge >= 0.3 is 0 Å². The van der Waals surface area contributed by atoms with Crippen LogP contribution >= 0.6 is 0 Å². The van der Waals surface area contributed by atoms with Crippen LogP contribution in [0.15, 0.2) is 18.2 Å². The maximum atomic E-state index is 13.6. The van der Waals surface area contributed by atoms with Crippen molar-refractivity contribution in [1.82, 2.24) is 9.80 Å². The fourth-order valence-electron chi connectivity index (χ4n) is 4.99. The van der Waals surface area contributed by atoms with Crippen molar-refractivity contribution in [2.75, 3.05) is 34.4 Å². The first kappa shape index (κ1) is 23.1. The van der Waals surface area contributed by atoms with E-state index in [1.165, 1.54) is 12.5 Å². The predicted molar refractivity (Wildman–Crippen MR) is 111 cm³/mol. The third kappa shape index (κ3) is 5.18. The number of hydrogen-bond acceptors (Lipinski definition) is 4. The predicted octanol–water partition coefficient (Wildman–Crippen LogP) is 3.75. The largest absolute Gasteiger partial charge is 0.353 e. The molecule has 2 unspecified atom stereocenters. The summed E-state index contributed by atoms with van der Waals surface area (Å²) >= 11 is 0. The summed E-state index contributed by atoms with van der Waals surface area (Å²) in [7, 11) is 5.21. The molecular formula is C23H34F2N2O3. The van der Waals surface area contributed by atoms with Crippen molar-refractivity contribution >= 4 is 5.91 Å². The summed E-state index contributed by atoms with van der Waals surface area (Å²) in [5.41, 5.74) is 0.483. The molecule has 1 saturated carbocycles. The lowest BCUT2D eigenvalue weighted by atomic mass is 9.95. The molecule has 1 aliphatic carbocycles. The highest BCUT2D eigenvalue weighted by Gasteiger charge is 2.43. The Bertz CT molecular complexity index is 720. The zero-order valence-corrected chi connectivity index (χ0v) is 18.3. The number of nitrogens with zero attached hydrogens (tertiary/aromatic N) is 2. The Morgan fingerprint density at radius 3 is 2.47 bits per heavy atom. The van der Waals surface area contributed by atoms with Gasteiger partial charge in [0.2, 0.25) is 5.91 Å². The Labute approximate surface area is 178 Å². The second-order valence-electron chi connectivity index (χ2n) is 8.58. The second kappa shape index (κ2) is 10.2. The van der Waals surface area contributed by atoms with Gasteiger partial charge in [0.1, 0.15) is 0 Å². The number of benzene rings is 1. The van der Waals surface area contributed by atoms with E-state index in [0.29, 0.717) is 12.0 Å². The SMILES string of the molecule is COC1(OC)CCCC(N(C)C(=O)Cc2ccc(F)c(F)c2)C(N2CCCCC2)C1. The molecule has 1 aromatic carbocycles. The highest BCUT2D eigenvalue weighted by Crippen LogP contribution is 2.36. The lowest BCUT2D eigenvalue weighted by Crippen LogP contribution is -2.55. The molecule has 2 atom stereocenters. The molecule has 3 rings (SSSR count). The van der Waals surface area contributed by atoms with E-state index in [1.807, 2.05) is 11.9 Å². The summed E-state index contributed by atoms with van der Waals surface area (Å²) in [6.07, 6.45) is 6.83. The number of methoxy groups -OCH3 is 2. The summed E-state index contributed by atoms with van der Waals surface area (Å²) in [5.74, 6) is -2.55. The minimum atomic E-state index is -0.923. The third-order valence-corrected chi connectivity index (χ3v) is 6.86. The number of amides is 1. The summed E-state index contributed by atoms with van der Waals surface area (Å²) in [5, 5.41) is 0. The molecule has 0 spiro atoms. The number of likely N-dealkylation sites (tertiary alicyclic amines) is 1. The first-order chi connectivity index (χ1) is 14.4. The van der Waals surface area contributed by atoms with Crippen molar-refractivity contribution in [1.29, 1.82) is 0 Å². The topological polar surface area (TPSA) is 42.0 Å². The fourth-order valence-corrected chi connectivity index (χ4v) is 4.99.